The number of rotatable bonds is 1. The Hall–Kier alpha value is -0.990. The number of carbonyl (C=O) groups excluding carboxylic acids is 1. The number of benzene rings is 1. The molecule has 0 aliphatic carbocycles. The maximum absolute atomic E-state index is 12.5. The normalized spacial score (nSPS) is 11.3. The summed E-state index contributed by atoms with van der Waals surface area (Å²) in [5.74, 6) is -1.77. The maximum atomic E-state index is 12.5. The summed E-state index contributed by atoms with van der Waals surface area (Å²) in [6.07, 6.45) is -4.71. The van der Waals surface area contributed by atoms with E-state index in [-0.39, 0.29) is 9.13 Å². The first-order valence-corrected chi connectivity index (χ1v) is 5.03. The van der Waals surface area contributed by atoms with Crippen molar-refractivity contribution >= 4 is 28.6 Å². The Morgan fingerprint density at radius 1 is 1.44 bits per heavy atom. The van der Waals surface area contributed by atoms with E-state index in [0.717, 1.165) is 13.2 Å². The SMILES string of the molecule is COC(=O)c1cc(I)c(O)c(C(F)(F)F)c1. The van der Waals surface area contributed by atoms with Gasteiger partial charge in [0.2, 0.25) is 0 Å². The molecule has 0 fully saturated rings. The van der Waals surface area contributed by atoms with Crippen LogP contribution in [0.4, 0.5) is 13.2 Å². The van der Waals surface area contributed by atoms with Crippen LogP contribution in [0, 0.1) is 3.57 Å². The lowest BCUT2D eigenvalue weighted by Gasteiger charge is -2.11. The second-order valence-corrected chi connectivity index (χ2v) is 4.01. The molecule has 0 unspecified atom stereocenters. The average molecular weight is 346 g/mol. The van der Waals surface area contributed by atoms with Crippen LogP contribution in [0.15, 0.2) is 12.1 Å². The van der Waals surface area contributed by atoms with Crippen LogP contribution in [0.2, 0.25) is 0 Å². The minimum Gasteiger partial charge on any atom is -0.506 e. The van der Waals surface area contributed by atoms with Gasteiger partial charge in [-0.3, -0.25) is 0 Å². The van der Waals surface area contributed by atoms with Gasteiger partial charge in [-0.05, 0) is 34.7 Å². The van der Waals surface area contributed by atoms with Crippen molar-refractivity contribution in [3.05, 3.63) is 26.8 Å². The summed E-state index contributed by atoms with van der Waals surface area (Å²) >= 11 is 1.51. The van der Waals surface area contributed by atoms with Crippen LogP contribution in [-0.4, -0.2) is 18.2 Å². The van der Waals surface area contributed by atoms with Crippen molar-refractivity contribution < 1.29 is 27.8 Å². The molecular formula is C9H6F3IO3. The van der Waals surface area contributed by atoms with Crippen LogP contribution >= 0.6 is 22.6 Å². The highest BCUT2D eigenvalue weighted by Gasteiger charge is 2.35. The van der Waals surface area contributed by atoms with Crippen molar-refractivity contribution in [1.29, 1.82) is 0 Å². The number of alkyl halides is 3. The monoisotopic (exact) mass is 346 g/mol. The van der Waals surface area contributed by atoms with E-state index in [1.807, 2.05) is 0 Å². The van der Waals surface area contributed by atoms with Gasteiger partial charge in [0.25, 0.3) is 0 Å². The Balaban J connectivity index is 3.39. The van der Waals surface area contributed by atoms with Gasteiger partial charge in [-0.2, -0.15) is 13.2 Å². The smallest absolute Gasteiger partial charge is 0.420 e. The molecule has 0 saturated carbocycles. The zero-order valence-electron chi connectivity index (χ0n) is 7.93. The summed E-state index contributed by atoms with van der Waals surface area (Å²) in [6.45, 7) is 0. The molecule has 0 saturated heterocycles. The lowest BCUT2D eigenvalue weighted by molar-refractivity contribution is -0.138. The molecule has 0 aromatic heterocycles. The molecule has 0 bridgehead atoms. The molecule has 1 N–H and O–H groups in total. The van der Waals surface area contributed by atoms with Gasteiger partial charge in [0.05, 0.1) is 21.8 Å². The first-order valence-electron chi connectivity index (χ1n) is 3.95. The van der Waals surface area contributed by atoms with E-state index in [2.05, 4.69) is 4.74 Å². The number of aromatic hydroxyl groups is 1. The number of methoxy groups -OCH3 is 1. The number of hydrogen-bond acceptors (Lipinski definition) is 3. The number of hydrogen-bond donors (Lipinski definition) is 1. The minimum atomic E-state index is -4.71. The van der Waals surface area contributed by atoms with E-state index >= 15 is 0 Å². The summed E-state index contributed by atoms with van der Waals surface area (Å²) in [5, 5.41) is 9.23. The summed E-state index contributed by atoms with van der Waals surface area (Å²) in [7, 11) is 1.06. The van der Waals surface area contributed by atoms with Gasteiger partial charge in [-0.25, -0.2) is 4.79 Å². The molecule has 0 atom stereocenters. The molecule has 0 amide bonds. The Bertz CT molecular complexity index is 429. The van der Waals surface area contributed by atoms with Crippen molar-refractivity contribution in [3.63, 3.8) is 0 Å². The highest BCUT2D eigenvalue weighted by atomic mass is 127. The number of phenolic OH excluding ortho intramolecular Hbond substituents is 1. The fourth-order valence-electron chi connectivity index (χ4n) is 1.05. The number of carbonyl (C=O) groups is 1. The lowest BCUT2D eigenvalue weighted by atomic mass is 10.1. The summed E-state index contributed by atoms with van der Waals surface area (Å²) in [5.41, 5.74) is -1.50. The van der Waals surface area contributed by atoms with Gasteiger partial charge >= 0.3 is 12.1 Å². The second kappa shape index (κ2) is 4.48. The highest BCUT2D eigenvalue weighted by Crippen LogP contribution is 2.38. The number of halogens is 4. The molecule has 0 aliphatic heterocycles. The Labute approximate surface area is 102 Å². The molecule has 0 radical (unpaired) electrons. The average Bonchev–Trinajstić information content (AvgIpc) is 2.18. The van der Waals surface area contributed by atoms with Crippen molar-refractivity contribution in [1.82, 2.24) is 0 Å². The third kappa shape index (κ3) is 2.57. The first-order chi connectivity index (χ1) is 7.27. The third-order valence-corrected chi connectivity index (χ3v) is 2.61. The number of ether oxygens (including phenoxy) is 1. The van der Waals surface area contributed by atoms with E-state index in [1.165, 1.54) is 22.6 Å². The lowest BCUT2D eigenvalue weighted by Crippen LogP contribution is -2.10. The first kappa shape index (κ1) is 13.1. The van der Waals surface area contributed by atoms with Crippen LogP contribution in [-0.2, 0) is 10.9 Å². The fraction of sp³-hybridized carbons (Fsp3) is 0.222. The predicted octanol–water partition coefficient (Wildman–Crippen LogP) is 2.80. The van der Waals surface area contributed by atoms with E-state index in [9.17, 15) is 23.1 Å². The molecule has 0 heterocycles. The maximum Gasteiger partial charge on any atom is 0.420 e. The zero-order valence-corrected chi connectivity index (χ0v) is 10.1. The topological polar surface area (TPSA) is 46.5 Å². The largest absolute Gasteiger partial charge is 0.506 e. The number of phenols is 1. The Kier molecular flexibility index (Phi) is 3.66. The summed E-state index contributed by atoms with van der Waals surface area (Å²) in [4.78, 5) is 11.1. The van der Waals surface area contributed by atoms with Gasteiger partial charge in [-0.15, -0.1) is 0 Å². The van der Waals surface area contributed by atoms with E-state index in [1.54, 1.807) is 0 Å². The summed E-state index contributed by atoms with van der Waals surface area (Å²) < 4.78 is 41.6. The molecule has 1 aromatic rings. The summed E-state index contributed by atoms with van der Waals surface area (Å²) in [6, 6.07) is 1.68. The van der Waals surface area contributed by atoms with Crippen molar-refractivity contribution in [2.24, 2.45) is 0 Å². The van der Waals surface area contributed by atoms with E-state index < -0.39 is 23.5 Å². The molecule has 0 spiro atoms. The van der Waals surface area contributed by atoms with Crippen molar-refractivity contribution in [2.45, 2.75) is 6.18 Å². The molecule has 1 aromatic carbocycles. The van der Waals surface area contributed by atoms with Crippen LogP contribution in [0.5, 0.6) is 5.75 Å². The zero-order chi connectivity index (χ0) is 12.5. The molecule has 3 nitrogen and oxygen atoms in total. The molecule has 1 rings (SSSR count). The number of esters is 1. The van der Waals surface area contributed by atoms with E-state index in [4.69, 9.17) is 0 Å². The standard InChI is InChI=1S/C9H6F3IO3/c1-16-8(15)4-2-5(9(10,11)12)7(14)6(13)3-4/h2-3,14H,1H3. The third-order valence-electron chi connectivity index (χ3n) is 1.79. The predicted molar refractivity (Wildman–Crippen MR) is 57.2 cm³/mol. The van der Waals surface area contributed by atoms with Crippen LogP contribution in [0.1, 0.15) is 15.9 Å². The van der Waals surface area contributed by atoms with Crippen molar-refractivity contribution in [3.8, 4) is 5.75 Å². The molecule has 0 aliphatic rings. The quantitative estimate of drug-likeness (QED) is 0.628. The van der Waals surface area contributed by atoms with E-state index in [0.29, 0.717) is 6.07 Å². The molecule has 7 heteroatoms. The molecule has 16 heavy (non-hydrogen) atoms. The van der Waals surface area contributed by atoms with Gasteiger partial charge < -0.3 is 9.84 Å². The van der Waals surface area contributed by atoms with Crippen LogP contribution in [0.25, 0.3) is 0 Å². The minimum absolute atomic E-state index is 0.0622. The Morgan fingerprint density at radius 2 is 2.00 bits per heavy atom. The van der Waals surface area contributed by atoms with Gasteiger partial charge in [-0.1, -0.05) is 0 Å². The fourth-order valence-corrected chi connectivity index (χ4v) is 1.68. The Morgan fingerprint density at radius 3 is 2.44 bits per heavy atom. The highest BCUT2D eigenvalue weighted by molar-refractivity contribution is 14.1. The van der Waals surface area contributed by atoms with Crippen molar-refractivity contribution in [2.75, 3.05) is 7.11 Å². The second-order valence-electron chi connectivity index (χ2n) is 2.84. The van der Waals surface area contributed by atoms with Crippen LogP contribution in [0.3, 0.4) is 0 Å². The van der Waals surface area contributed by atoms with Crippen LogP contribution < -0.4 is 0 Å². The molecular weight excluding hydrogens is 340 g/mol. The van der Waals surface area contributed by atoms with Gasteiger partial charge in [0, 0.05) is 0 Å². The van der Waals surface area contributed by atoms with Gasteiger partial charge in [0.1, 0.15) is 5.75 Å². The molecule has 88 valence electrons. The van der Waals surface area contributed by atoms with Gasteiger partial charge in [0.15, 0.2) is 0 Å².